The zero-order valence-corrected chi connectivity index (χ0v) is 11.9. The number of benzene rings is 1. The first-order valence-electron chi connectivity index (χ1n) is 7.08. The van der Waals surface area contributed by atoms with Crippen LogP contribution in [0.5, 0.6) is 0 Å². The molecule has 0 aliphatic carbocycles. The van der Waals surface area contributed by atoms with E-state index in [2.05, 4.69) is 31.2 Å². The van der Waals surface area contributed by atoms with Gasteiger partial charge in [0.2, 0.25) is 5.91 Å². The monoisotopic (exact) mass is 260 g/mol. The van der Waals surface area contributed by atoms with Crippen molar-refractivity contribution in [1.29, 1.82) is 0 Å². The van der Waals surface area contributed by atoms with Gasteiger partial charge in [-0.05, 0) is 37.2 Å². The van der Waals surface area contributed by atoms with Crippen LogP contribution in [0.2, 0.25) is 0 Å². The Morgan fingerprint density at radius 3 is 2.74 bits per heavy atom. The van der Waals surface area contributed by atoms with Gasteiger partial charge in [-0.2, -0.15) is 0 Å². The van der Waals surface area contributed by atoms with Crippen molar-refractivity contribution in [2.45, 2.75) is 39.2 Å². The molecule has 1 heterocycles. The minimum Gasteiger partial charge on any atom is -0.341 e. The Hall–Kier alpha value is -1.35. The number of carbonyl (C=O) groups is 1. The molecule has 1 aliphatic rings. The van der Waals surface area contributed by atoms with Crippen LogP contribution in [0.25, 0.3) is 0 Å². The average Bonchev–Trinajstić information content (AvgIpc) is 2.80. The summed E-state index contributed by atoms with van der Waals surface area (Å²) >= 11 is 0. The second kappa shape index (κ2) is 5.74. The van der Waals surface area contributed by atoms with Crippen LogP contribution in [0.4, 0.5) is 0 Å². The molecular weight excluding hydrogens is 236 g/mol. The van der Waals surface area contributed by atoms with Gasteiger partial charge in [0, 0.05) is 13.1 Å². The fraction of sp³-hybridized carbons (Fsp3) is 0.562. The molecule has 3 heteroatoms. The topological polar surface area (TPSA) is 46.3 Å². The Morgan fingerprint density at radius 2 is 2.11 bits per heavy atom. The molecule has 1 saturated heterocycles. The Balaban J connectivity index is 1.89. The highest BCUT2D eigenvalue weighted by molar-refractivity contribution is 5.81. The van der Waals surface area contributed by atoms with E-state index < -0.39 is 0 Å². The lowest BCUT2D eigenvalue weighted by Crippen LogP contribution is -2.41. The minimum atomic E-state index is -0.378. The predicted octanol–water partition coefficient (Wildman–Crippen LogP) is 2.21. The maximum atomic E-state index is 11.9. The van der Waals surface area contributed by atoms with Crippen molar-refractivity contribution >= 4 is 5.91 Å². The van der Waals surface area contributed by atoms with Gasteiger partial charge in [-0.3, -0.25) is 4.79 Å². The Bertz CT molecular complexity index is 430. The molecule has 104 valence electrons. The van der Waals surface area contributed by atoms with Gasteiger partial charge in [0.1, 0.15) is 0 Å². The SMILES string of the molecule is C[C@@H](N)C(=O)N1CCC(C)(CCc2ccccc2)C1. The zero-order valence-electron chi connectivity index (χ0n) is 11.9. The van der Waals surface area contributed by atoms with E-state index in [4.69, 9.17) is 5.73 Å². The smallest absolute Gasteiger partial charge is 0.239 e. The van der Waals surface area contributed by atoms with Gasteiger partial charge >= 0.3 is 0 Å². The summed E-state index contributed by atoms with van der Waals surface area (Å²) in [6.45, 7) is 5.75. The summed E-state index contributed by atoms with van der Waals surface area (Å²) < 4.78 is 0. The van der Waals surface area contributed by atoms with Crippen molar-refractivity contribution in [2.24, 2.45) is 11.1 Å². The maximum Gasteiger partial charge on any atom is 0.239 e. The van der Waals surface area contributed by atoms with E-state index in [1.807, 2.05) is 11.0 Å². The minimum absolute atomic E-state index is 0.0865. The van der Waals surface area contributed by atoms with Crippen LogP contribution >= 0.6 is 0 Å². The standard InChI is InChI=1S/C16H24N2O/c1-13(17)15(19)18-11-10-16(2,12-18)9-8-14-6-4-3-5-7-14/h3-7,13H,8-12,17H2,1-2H3/t13-,16?/m1/s1. The predicted molar refractivity (Wildman–Crippen MR) is 77.7 cm³/mol. The highest BCUT2D eigenvalue weighted by Gasteiger charge is 2.36. The summed E-state index contributed by atoms with van der Waals surface area (Å²) in [4.78, 5) is 13.8. The number of carbonyl (C=O) groups excluding carboxylic acids is 1. The molecule has 0 aromatic heterocycles. The van der Waals surface area contributed by atoms with E-state index in [0.717, 1.165) is 32.4 Å². The average molecular weight is 260 g/mol. The highest BCUT2D eigenvalue weighted by Crippen LogP contribution is 2.34. The summed E-state index contributed by atoms with van der Waals surface area (Å²) in [5.41, 5.74) is 7.29. The maximum absolute atomic E-state index is 11.9. The molecule has 0 spiro atoms. The second-order valence-electron chi connectivity index (χ2n) is 6.09. The van der Waals surface area contributed by atoms with Crippen molar-refractivity contribution in [3.8, 4) is 0 Å². The molecule has 1 unspecified atom stereocenters. The summed E-state index contributed by atoms with van der Waals surface area (Å²) in [5.74, 6) is 0.0865. The van der Waals surface area contributed by atoms with Gasteiger partial charge in [0.15, 0.2) is 0 Å². The number of nitrogens with two attached hydrogens (primary N) is 1. The Morgan fingerprint density at radius 1 is 1.42 bits per heavy atom. The Kier molecular flexibility index (Phi) is 4.25. The van der Waals surface area contributed by atoms with Gasteiger partial charge < -0.3 is 10.6 Å². The molecule has 19 heavy (non-hydrogen) atoms. The van der Waals surface area contributed by atoms with Crippen LogP contribution in [-0.4, -0.2) is 29.9 Å². The molecule has 1 aliphatic heterocycles. The number of amides is 1. The van der Waals surface area contributed by atoms with Crippen LogP contribution in [0.15, 0.2) is 30.3 Å². The third-order valence-corrected chi connectivity index (χ3v) is 4.12. The van der Waals surface area contributed by atoms with E-state index >= 15 is 0 Å². The van der Waals surface area contributed by atoms with Crippen molar-refractivity contribution in [1.82, 2.24) is 4.90 Å². The first-order chi connectivity index (χ1) is 9.00. The van der Waals surface area contributed by atoms with Crippen molar-refractivity contribution in [3.63, 3.8) is 0 Å². The Labute approximate surface area is 115 Å². The van der Waals surface area contributed by atoms with Gasteiger partial charge in [-0.15, -0.1) is 0 Å². The highest BCUT2D eigenvalue weighted by atomic mass is 16.2. The molecule has 3 nitrogen and oxygen atoms in total. The van der Waals surface area contributed by atoms with Crippen LogP contribution in [-0.2, 0) is 11.2 Å². The van der Waals surface area contributed by atoms with Crippen molar-refractivity contribution < 1.29 is 4.79 Å². The zero-order chi connectivity index (χ0) is 13.9. The van der Waals surface area contributed by atoms with Crippen LogP contribution < -0.4 is 5.73 Å². The molecule has 0 radical (unpaired) electrons. The van der Waals surface area contributed by atoms with Gasteiger partial charge in [-0.25, -0.2) is 0 Å². The second-order valence-corrected chi connectivity index (χ2v) is 6.09. The van der Waals surface area contributed by atoms with E-state index in [9.17, 15) is 4.79 Å². The summed E-state index contributed by atoms with van der Waals surface area (Å²) in [7, 11) is 0. The molecule has 1 fully saturated rings. The molecule has 1 aromatic rings. The normalized spacial score (nSPS) is 24.5. The fourth-order valence-electron chi connectivity index (χ4n) is 2.79. The lowest BCUT2D eigenvalue weighted by atomic mass is 9.83. The third-order valence-electron chi connectivity index (χ3n) is 4.12. The lowest BCUT2D eigenvalue weighted by Gasteiger charge is -2.25. The quantitative estimate of drug-likeness (QED) is 0.902. The number of aryl methyl sites for hydroxylation is 1. The molecular formula is C16H24N2O. The van der Waals surface area contributed by atoms with E-state index in [1.54, 1.807) is 6.92 Å². The molecule has 1 aromatic carbocycles. The van der Waals surface area contributed by atoms with Crippen molar-refractivity contribution in [3.05, 3.63) is 35.9 Å². The number of rotatable bonds is 4. The summed E-state index contributed by atoms with van der Waals surface area (Å²) in [6, 6.07) is 10.2. The molecule has 0 saturated carbocycles. The number of nitrogens with zero attached hydrogens (tertiary/aromatic N) is 1. The lowest BCUT2D eigenvalue weighted by molar-refractivity contribution is -0.131. The summed E-state index contributed by atoms with van der Waals surface area (Å²) in [5, 5.41) is 0. The fourth-order valence-corrected chi connectivity index (χ4v) is 2.79. The van der Waals surface area contributed by atoms with E-state index in [1.165, 1.54) is 5.56 Å². The van der Waals surface area contributed by atoms with Crippen molar-refractivity contribution in [2.75, 3.05) is 13.1 Å². The third kappa shape index (κ3) is 3.57. The molecule has 2 N–H and O–H groups in total. The van der Waals surface area contributed by atoms with Gasteiger partial charge in [0.05, 0.1) is 6.04 Å². The van der Waals surface area contributed by atoms with Crippen LogP contribution in [0, 0.1) is 5.41 Å². The first-order valence-corrected chi connectivity index (χ1v) is 7.08. The summed E-state index contributed by atoms with van der Waals surface area (Å²) in [6.07, 6.45) is 3.29. The van der Waals surface area contributed by atoms with Crippen LogP contribution in [0.3, 0.4) is 0 Å². The molecule has 2 rings (SSSR count). The number of likely N-dealkylation sites (tertiary alicyclic amines) is 1. The molecule has 2 atom stereocenters. The number of hydrogen-bond donors (Lipinski definition) is 1. The largest absolute Gasteiger partial charge is 0.341 e. The van der Waals surface area contributed by atoms with Crippen LogP contribution in [0.1, 0.15) is 32.3 Å². The molecule has 0 bridgehead atoms. The van der Waals surface area contributed by atoms with E-state index in [-0.39, 0.29) is 17.4 Å². The number of hydrogen-bond acceptors (Lipinski definition) is 2. The van der Waals surface area contributed by atoms with Gasteiger partial charge in [0.25, 0.3) is 0 Å². The first kappa shape index (κ1) is 14.1. The van der Waals surface area contributed by atoms with Gasteiger partial charge in [-0.1, -0.05) is 37.3 Å². The molecule has 1 amide bonds. The van der Waals surface area contributed by atoms with E-state index in [0.29, 0.717) is 0 Å².